The molecule has 1 aromatic carbocycles. The fraction of sp³-hybridized carbons (Fsp3) is 0.600. The number of nitrogens with zero attached hydrogens (tertiary/aromatic N) is 1. The van der Waals surface area contributed by atoms with Crippen LogP contribution < -0.4 is 14.8 Å². The number of rotatable bonds is 7. The summed E-state index contributed by atoms with van der Waals surface area (Å²) in [5.41, 5.74) is 1.09. The number of nitrogens with one attached hydrogen (secondary N) is 1. The Morgan fingerprint density at radius 2 is 1.74 bits per heavy atom. The molecule has 0 unspecified atom stereocenters. The van der Waals surface area contributed by atoms with Gasteiger partial charge in [0.05, 0.1) is 14.2 Å². The van der Waals surface area contributed by atoms with Crippen LogP contribution in [0.4, 0.5) is 0 Å². The maximum Gasteiger partial charge on any atom is 0.127 e. The third-order valence-electron chi connectivity index (χ3n) is 3.64. The molecule has 0 amide bonds. The van der Waals surface area contributed by atoms with Crippen molar-refractivity contribution < 1.29 is 9.47 Å². The lowest BCUT2D eigenvalue weighted by Gasteiger charge is -2.16. The molecule has 4 heteroatoms. The molecule has 4 nitrogen and oxygen atoms in total. The highest BCUT2D eigenvalue weighted by molar-refractivity contribution is 5.44. The van der Waals surface area contributed by atoms with E-state index >= 15 is 0 Å². The average Bonchev–Trinajstić information content (AvgIpc) is 2.96. The van der Waals surface area contributed by atoms with Crippen LogP contribution in [0.5, 0.6) is 11.5 Å². The summed E-state index contributed by atoms with van der Waals surface area (Å²) in [5.74, 6) is 1.76. The minimum absolute atomic E-state index is 0.779. The highest BCUT2D eigenvalue weighted by Crippen LogP contribution is 2.27. The predicted octanol–water partition coefficient (Wildman–Crippen LogP) is 1.89. The van der Waals surface area contributed by atoms with Gasteiger partial charge in [-0.05, 0) is 38.1 Å². The van der Waals surface area contributed by atoms with Gasteiger partial charge >= 0.3 is 0 Å². The Balaban J connectivity index is 1.83. The molecule has 19 heavy (non-hydrogen) atoms. The second-order valence-electron chi connectivity index (χ2n) is 4.87. The summed E-state index contributed by atoms with van der Waals surface area (Å²) >= 11 is 0. The van der Waals surface area contributed by atoms with Gasteiger partial charge in [0, 0.05) is 25.2 Å². The van der Waals surface area contributed by atoms with E-state index in [2.05, 4.69) is 10.2 Å². The maximum atomic E-state index is 5.39. The van der Waals surface area contributed by atoms with Gasteiger partial charge in [-0.3, -0.25) is 0 Å². The lowest BCUT2D eigenvalue weighted by molar-refractivity contribution is 0.333. The average molecular weight is 264 g/mol. The number of hydrogen-bond acceptors (Lipinski definition) is 4. The highest BCUT2D eigenvalue weighted by atomic mass is 16.5. The van der Waals surface area contributed by atoms with Crippen molar-refractivity contribution >= 4 is 0 Å². The highest BCUT2D eigenvalue weighted by Gasteiger charge is 2.12. The van der Waals surface area contributed by atoms with Gasteiger partial charge in [0.2, 0.25) is 0 Å². The summed E-state index contributed by atoms with van der Waals surface area (Å²) in [5, 5.41) is 3.48. The molecule has 0 aliphatic carbocycles. The minimum atomic E-state index is 0.779. The third kappa shape index (κ3) is 3.85. The van der Waals surface area contributed by atoms with Gasteiger partial charge in [0.1, 0.15) is 11.5 Å². The molecule has 0 bridgehead atoms. The largest absolute Gasteiger partial charge is 0.496 e. The SMILES string of the molecule is COc1cccc(OC)c1CNCCN1CCCC1. The van der Waals surface area contributed by atoms with Crippen LogP contribution in [0, 0.1) is 0 Å². The second-order valence-corrected chi connectivity index (χ2v) is 4.87. The van der Waals surface area contributed by atoms with Crippen LogP contribution in [0.1, 0.15) is 18.4 Å². The Morgan fingerprint density at radius 3 is 2.32 bits per heavy atom. The number of hydrogen-bond donors (Lipinski definition) is 1. The van der Waals surface area contributed by atoms with Crippen LogP contribution in [0.3, 0.4) is 0 Å². The predicted molar refractivity (Wildman–Crippen MR) is 76.9 cm³/mol. The van der Waals surface area contributed by atoms with Crippen molar-refractivity contribution in [3.63, 3.8) is 0 Å². The van der Waals surface area contributed by atoms with Gasteiger partial charge in [-0.15, -0.1) is 0 Å². The van der Waals surface area contributed by atoms with Crippen LogP contribution in [0.25, 0.3) is 0 Å². The summed E-state index contributed by atoms with van der Waals surface area (Å²) in [4.78, 5) is 2.51. The molecule has 0 radical (unpaired) electrons. The quantitative estimate of drug-likeness (QED) is 0.763. The normalized spacial score (nSPS) is 15.7. The molecule has 0 saturated carbocycles. The van der Waals surface area contributed by atoms with Gasteiger partial charge in [0.15, 0.2) is 0 Å². The van der Waals surface area contributed by atoms with Gasteiger partial charge in [-0.25, -0.2) is 0 Å². The molecule has 1 fully saturated rings. The molecular formula is C15H24N2O2. The zero-order valence-corrected chi connectivity index (χ0v) is 11.9. The van der Waals surface area contributed by atoms with E-state index < -0.39 is 0 Å². The van der Waals surface area contributed by atoms with Crippen molar-refractivity contribution in [1.82, 2.24) is 10.2 Å². The topological polar surface area (TPSA) is 33.7 Å². The molecule has 0 atom stereocenters. The fourth-order valence-corrected chi connectivity index (χ4v) is 2.56. The smallest absolute Gasteiger partial charge is 0.127 e. The van der Waals surface area contributed by atoms with Crippen LogP contribution in [0.15, 0.2) is 18.2 Å². The lowest BCUT2D eigenvalue weighted by Crippen LogP contribution is -2.29. The van der Waals surface area contributed by atoms with E-state index in [0.29, 0.717) is 0 Å². The molecule has 1 heterocycles. The van der Waals surface area contributed by atoms with Crippen molar-refractivity contribution in [1.29, 1.82) is 0 Å². The van der Waals surface area contributed by atoms with E-state index in [1.54, 1.807) is 14.2 Å². The van der Waals surface area contributed by atoms with Crippen LogP contribution in [0.2, 0.25) is 0 Å². The number of benzene rings is 1. The molecule has 1 aliphatic heterocycles. The van der Waals surface area contributed by atoms with Gasteiger partial charge < -0.3 is 19.7 Å². The minimum Gasteiger partial charge on any atom is -0.496 e. The Labute approximate surface area is 115 Å². The molecule has 1 N–H and O–H groups in total. The lowest BCUT2D eigenvalue weighted by atomic mass is 10.1. The first-order valence-electron chi connectivity index (χ1n) is 6.98. The summed E-state index contributed by atoms with van der Waals surface area (Å²) in [7, 11) is 3.39. The van der Waals surface area contributed by atoms with E-state index in [-0.39, 0.29) is 0 Å². The maximum absolute atomic E-state index is 5.39. The van der Waals surface area contributed by atoms with Gasteiger partial charge in [-0.2, -0.15) is 0 Å². The Kier molecular flexibility index (Phi) is 5.48. The second kappa shape index (κ2) is 7.36. The summed E-state index contributed by atoms with van der Waals surface area (Å²) < 4.78 is 10.8. The van der Waals surface area contributed by atoms with Crippen molar-refractivity contribution in [2.75, 3.05) is 40.4 Å². The zero-order valence-electron chi connectivity index (χ0n) is 11.9. The molecule has 1 aliphatic rings. The first kappa shape index (κ1) is 14.2. The van der Waals surface area contributed by atoms with Gasteiger partial charge in [0.25, 0.3) is 0 Å². The monoisotopic (exact) mass is 264 g/mol. The standard InChI is InChI=1S/C15H24N2O2/c1-18-14-6-5-7-15(19-2)13(14)12-16-8-11-17-9-3-4-10-17/h5-7,16H,3-4,8-12H2,1-2H3. The molecule has 1 saturated heterocycles. The molecule has 0 spiro atoms. The Hall–Kier alpha value is -1.26. The molecular weight excluding hydrogens is 240 g/mol. The van der Waals surface area contributed by atoms with E-state index in [1.165, 1.54) is 25.9 Å². The van der Waals surface area contributed by atoms with Crippen LogP contribution >= 0.6 is 0 Å². The van der Waals surface area contributed by atoms with Crippen LogP contribution in [-0.2, 0) is 6.54 Å². The Morgan fingerprint density at radius 1 is 1.11 bits per heavy atom. The zero-order chi connectivity index (χ0) is 13.5. The summed E-state index contributed by atoms with van der Waals surface area (Å²) in [6.45, 7) is 5.40. The van der Waals surface area contributed by atoms with Crippen molar-refractivity contribution in [2.45, 2.75) is 19.4 Å². The first-order valence-corrected chi connectivity index (χ1v) is 6.98. The van der Waals surface area contributed by atoms with Crippen LogP contribution in [-0.4, -0.2) is 45.3 Å². The third-order valence-corrected chi connectivity index (χ3v) is 3.64. The van der Waals surface area contributed by atoms with Crippen molar-refractivity contribution in [3.8, 4) is 11.5 Å². The van der Waals surface area contributed by atoms with Crippen molar-refractivity contribution in [3.05, 3.63) is 23.8 Å². The first-order chi connectivity index (χ1) is 9.35. The van der Waals surface area contributed by atoms with E-state index in [9.17, 15) is 0 Å². The molecule has 2 rings (SSSR count). The summed E-state index contributed by atoms with van der Waals surface area (Å²) in [6, 6.07) is 5.89. The molecule has 0 aromatic heterocycles. The molecule has 1 aromatic rings. The van der Waals surface area contributed by atoms with E-state index in [1.807, 2.05) is 18.2 Å². The van der Waals surface area contributed by atoms with E-state index in [0.717, 1.165) is 36.7 Å². The number of likely N-dealkylation sites (tertiary alicyclic amines) is 1. The number of ether oxygens (including phenoxy) is 2. The van der Waals surface area contributed by atoms with E-state index in [4.69, 9.17) is 9.47 Å². The van der Waals surface area contributed by atoms with Gasteiger partial charge in [-0.1, -0.05) is 6.07 Å². The fourth-order valence-electron chi connectivity index (χ4n) is 2.56. The number of methoxy groups -OCH3 is 2. The molecule has 106 valence electrons. The Bertz CT molecular complexity index is 367. The van der Waals surface area contributed by atoms with Crippen molar-refractivity contribution in [2.24, 2.45) is 0 Å². The summed E-state index contributed by atoms with van der Waals surface area (Å²) in [6.07, 6.45) is 2.70.